The van der Waals surface area contributed by atoms with Gasteiger partial charge in [-0.2, -0.15) is 0 Å². The van der Waals surface area contributed by atoms with E-state index in [1.807, 2.05) is 17.0 Å². The number of carbonyl (C=O) groups is 1. The van der Waals surface area contributed by atoms with Gasteiger partial charge in [0.2, 0.25) is 0 Å². The summed E-state index contributed by atoms with van der Waals surface area (Å²) in [6, 6.07) is 6.03. The first kappa shape index (κ1) is 14.0. The molecule has 1 aromatic rings. The maximum absolute atomic E-state index is 12.6. The molecular formula is C17H21N3O. The van der Waals surface area contributed by atoms with E-state index in [4.69, 9.17) is 6.42 Å². The van der Waals surface area contributed by atoms with Crippen molar-refractivity contribution in [3.63, 3.8) is 0 Å². The molecular weight excluding hydrogens is 262 g/mol. The SMILES string of the molecule is C#CCN1CCN(C(=O)c2ccc3c(c2)CCCN3)CC1. The number of hydrogen-bond donors (Lipinski definition) is 1. The Labute approximate surface area is 126 Å². The molecule has 110 valence electrons. The molecule has 0 aromatic heterocycles. The minimum atomic E-state index is 0.142. The van der Waals surface area contributed by atoms with E-state index in [0.29, 0.717) is 6.54 Å². The van der Waals surface area contributed by atoms with Crippen LogP contribution in [-0.4, -0.2) is 55.0 Å². The summed E-state index contributed by atoms with van der Waals surface area (Å²) in [6.07, 6.45) is 7.52. The second kappa shape index (κ2) is 6.19. The topological polar surface area (TPSA) is 35.6 Å². The van der Waals surface area contributed by atoms with Crippen molar-refractivity contribution < 1.29 is 4.79 Å². The molecule has 0 bridgehead atoms. The van der Waals surface area contributed by atoms with Gasteiger partial charge in [-0.05, 0) is 36.6 Å². The molecule has 21 heavy (non-hydrogen) atoms. The monoisotopic (exact) mass is 283 g/mol. The van der Waals surface area contributed by atoms with Crippen molar-refractivity contribution in [1.29, 1.82) is 0 Å². The van der Waals surface area contributed by atoms with Crippen LogP contribution in [0.15, 0.2) is 18.2 Å². The third kappa shape index (κ3) is 3.03. The summed E-state index contributed by atoms with van der Waals surface area (Å²) in [7, 11) is 0. The fourth-order valence-electron chi connectivity index (χ4n) is 3.03. The minimum Gasteiger partial charge on any atom is -0.385 e. The van der Waals surface area contributed by atoms with Gasteiger partial charge >= 0.3 is 0 Å². The molecule has 1 saturated heterocycles. The minimum absolute atomic E-state index is 0.142. The van der Waals surface area contributed by atoms with Crippen LogP contribution in [-0.2, 0) is 6.42 Å². The number of piperazine rings is 1. The number of carbonyl (C=O) groups excluding carboxylic acids is 1. The molecule has 0 spiro atoms. The Hall–Kier alpha value is -1.99. The van der Waals surface area contributed by atoms with Crippen molar-refractivity contribution in [2.45, 2.75) is 12.8 Å². The summed E-state index contributed by atoms with van der Waals surface area (Å²) in [4.78, 5) is 16.7. The van der Waals surface area contributed by atoms with Crippen LogP contribution in [0.1, 0.15) is 22.3 Å². The summed E-state index contributed by atoms with van der Waals surface area (Å²) < 4.78 is 0. The van der Waals surface area contributed by atoms with Gasteiger partial charge in [0, 0.05) is 44.0 Å². The number of amides is 1. The van der Waals surface area contributed by atoms with Gasteiger partial charge in [0.25, 0.3) is 5.91 Å². The lowest BCUT2D eigenvalue weighted by Gasteiger charge is -2.34. The lowest BCUT2D eigenvalue weighted by atomic mass is 10.00. The molecule has 1 aromatic carbocycles. The van der Waals surface area contributed by atoms with Gasteiger partial charge in [-0.3, -0.25) is 9.69 Å². The quantitative estimate of drug-likeness (QED) is 0.834. The smallest absolute Gasteiger partial charge is 0.253 e. The van der Waals surface area contributed by atoms with Gasteiger partial charge in [-0.15, -0.1) is 6.42 Å². The molecule has 1 amide bonds. The van der Waals surface area contributed by atoms with Gasteiger partial charge < -0.3 is 10.2 Å². The fourth-order valence-corrected chi connectivity index (χ4v) is 3.03. The third-order valence-corrected chi connectivity index (χ3v) is 4.26. The molecule has 1 N–H and O–H groups in total. The maximum atomic E-state index is 12.6. The Morgan fingerprint density at radius 1 is 1.29 bits per heavy atom. The Balaban J connectivity index is 1.67. The number of nitrogens with one attached hydrogen (secondary N) is 1. The van der Waals surface area contributed by atoms with E-state index in [9.17, 15) is 4.79 Å². The number of rotatable bonds is 2. The molecule has 1 fully saturated rings. The number of benzene rings is 1. The highest BCUT2D eigenvalue weighted by Gasteiger charge is 2.22. The Morgan fingerprint density at radius 2 is 2.10 bits per heavy atom. The van der Waals surface area contributed by atoms with E-state index in [-0.39, 0.29) is 5.91 Å². The predicted octanol–water partition coefficient (Wildman–Crippen LogP) is 1.44. The standard InChI is InChI=1S/C17H21N3O/c1-2-8-19-9-11-20(12-10-19)17(21)15-5-6-16-14(13-15)4-3-7-18-16/h1,5-6,13,18H,3-4,7-12H2. The zero-order chi connectivity index (χ0) is 14.7. The van der Waals surface area contributed by atoms with Crippen LogP contribution in [0.4, 0.5) is 5.69 Å². The fraction of sp³-hybridized carbons (Fsp3) is 0.471. The molecule has 4 nitrogen and oxygen atoms in total. The van der Waals surface area contributed by atoms with E-state index >= 15 is 0 Å². The van der Waals surface area contributed by atoms with Crippen molar-refractivity contribution in [2.24, 2.45) is 0 Å². The highest BCUT2D eigenvalue weighted by Crippen LogP contribution is 2.23. The second-order valence-electron chi connectivity index (χ2n) is 5.67. The van der Waals surface area contributed by atoms with E-state index < -0.39 is 0 Å². The first-order valence-electron chi connectivity index (χ1n) is 7.60. The molecule has 2 aliphatic rings. The van der Waals surface area contributed by atoms with Gasteiger partial charge in [-0.1, -0.05) is 5.92 Å². The zero-order valence-electron chi connectivity index (χ0n) is 12.3. The van der Waals surface area contributed by atoms with Crippen molar-refractivity contribution in [3.8, 4) is 12.3 Å². The molecule has 4 heteroatoms. The molecule has 2 aliphatic heterocycles. The number of anilines is 1. The largest absolute Gasteiger partial charge is 0.385 e. The lowest BCUT2D eigenvalue weighted by molar-refractivity contribution is 0.0652. The number of terminal acetylenes is 1. The number of fused-ring (bicyclic) bond motifs is 1. The summed E-state index contributed by atoms with van der Waals surface area (Å²) in [5.41, 5.74) is 3.25. The summed E-state index contributed by atoms with van der Waals surface area (Å²) in [5, 5.41) is 3.38. The first-order valence-corrected chi connectivity index (χ1v) is 7.60. The Morgan fingerprint density at radius 3 is 2.86 bits per heavy atom. The predicted molar refractivity (Wildman–Crippen MR) is 84.4 cm³/mol. The highest BCUT2D eigenvalue weighted by atomic mass is 16.2. The van der Waals surface area contributed by atoms with Gasteiger partial charge in [0.15, 0.2) is 0 Å². The molecule has 0 atom stereocenters. The molecule has 3 rings (SSSR count). The summed E-state index contributed by atoms with van der Waals surface area (Å²) >= 11 is 0. The van der Waals surface area contributed by atoms with Crippen LogP contribution < -0.4 is 5.32 Å². The maximum Gasteiger partial charge on any atom is 0.253 e. The zero-order valence-corrected chi connectivity index (χ0v) is 12.3. The van der Waals surface area contributed by atoms with Crippen LogP contribution in [0.5, 0.6) is 0 Å². The first-order chi connectivity index (χ1) is 10.3. The number of aryl methyl sites for hydroxylation is 1. The van der Waals surface area contributed by atoms with E-state index in [2.05, 4.69) is 22.2 Å². The van der Waals surface area contributed by atoms with E-state index in [1.54, 1.807) is 0 Å². The second-order valence-corrected chi connectivity index (χ2v) is 5.67. The van der Waals surface area contributed by atoms with Crippen molar-refractivity contribution >= 4 is 11.6 Å². The molecule has 2 heterocycles. The average Bonchev–Trinajstić information content (AvgIpc) is 2.55. The molecule has 0 unspecified atom stereocenters. The van der Waals surface area contributed by atoms with Gasteiger partial charge in [-0.25, -0.2) is 0 Å². The van der Waals surface area contributed by atoms with Gasteiger partial charge in [0.1, 0.15) is 0 Å². The van der Waals surface area contributed by atoms with Crippen molar-refractivity contribution in [2.75, 3.05) is 44.6 Å². The number of hydrogen-bond acceptors (Lipinski definition) is 3. The summed E-state index contributed by atoms with van der Waals surface area (Å²) in [6.45, 7) is 4.94. The third-order valence-electron chi connectivity index (χ3n) is 4.26. The van der Waals surface area contributed by atoms with Crippen molar-refractivity contribution in [3.05, 3.63) is 29.3 Å². The van der Waals surface area contributed by atoms with Crippen LogP contribution >= 0.6 is 0 Å². The van der Waals surface area contributed by atoms with Crippen LogP contribution in [0, 0.1) is 12.3 Å². The molecule has 0 aliphatic carbocycles. The van der Waals surface area contributed by atoms with Gasteiger partial charge in [0.05, 0.1) is 6.54 Å². The van der Waals surface area contributed by atoms with Crippen LogP contribution in [0.3, 0.4) is 0 Å². The lowest BCUT2D eigenvalue weighted by Crippen LogP contribution is -2.48. The van der Waals surface area contributed by atoms with Crippen molar-refractivity contribution in [1.82, 2.24) is 9.80 Å². The normalized spacial score (nSPS) is 18.5. The number of nitrogens with zero attached hydrogens (tertiary/aromatic N) is 2. The van der Waals surface area contributed by atoms with E-state index in [0.717, 1.165) is 51.1 Å². The summed E-state index contributed by atoms with van der Waals surface area (Å²) in [5.74, 6) is 2.81. The molecule has 0 radical (unpaired) electrons. The van der Waals surface area contributed by atoms with Crippen LogP contribution in [0.2, 0.25) is 0 Å². The Bertz CT molecular complexity index is 568. The highest BCUT2D eigenvalue weighted by molar-refractivity contribution is 5.95. The molecule has 0 saturated carbocycles. The van der Waals surface area contributed by atoms with E-state index in [1.165, 1.54) is 11.3 Å². The Kier molecular flexibility index (Phi) is 4.12. The van der Waals surface area contributed by atoms with Crippen LogP contribution in [0.25, 0.3) is 0 Å². The average molecular weight is 283 g/mol.